The molecule has 0 saturated heterocycles. The largest absolute Gasteiger partial charge is 0.383 e. The number of nitrogen functional groups attached to an aromatic ring is 1. The van der Waals surface area contributed by atoms with Crippen LogP contribution in [0.1, 0.15) is 16.2 Å². The number of amides is 1. The fraction of sp³-hybridized carbons (Fsp3) is 0.500. The zero-order chi connectivity index (χ0) is 12.7. The molecule has 0 aliphatic carbocycles. The summed E-state index contributed by atoms with van der Waals surface area (Å²) in [6.45, 7) is 1.54. The minimum absolute atomic E-state index is 0.0967. The number of nitrogens with two attached hydrogens (primary N) is 2. The Hall–Kier alpha value is -1.73. The average molecular weight is 240 g/mol. The maximum absolute atomic E-state index is 10.9. The Kier molecular flexibility index (Phi) is 5.31. The Balaban J connectivity index is 2.45. The number of hydrogen-bond donors (Lipinski definition) is 2. The van der Waals surface area contributed by atoms with Gasteiger partial charge in [-0.2, -0.15) is 0 Å². The van der Waals surface area contributed by atoms with Crippen molar-refractivity contribution in [3.05, 3.63) is 17.6 Å². The molecule has 4 N–H and O–H groups in total. The van der Waals surface area contributed by atoms with E-state index in [0.29, 0.717) is 32.1 Å². The summed E-state index contributed by atoms with van der Waals surface area (Å²) in [6, 6.07) is 0. The van der Waals surface area contributed by atoms with E-state index in [1.165, 1.54) is 6.20 Å². The summed E-state index contributed by atoms with van der Waals surface area (Å²) in [6.07, 6.45) is 1.85. The lowest BCUT2D eigenvalue weighted by Crippen LogP contribution is -2.16. The molecule has 0 unspecified atom stereocenters. The van der Waals surface area contributed by atoms with Crippen LogP contribution in [0, 0.1) is 0 Å². The van der Waals surface area contributed by atoms with Crippen molar-refractivity contribution in [2.45, 2.75) is 6.42 Å². The van der Waals surface area contributed by atoms with Gasteiger partial charge in [0.15, 0.2) is 0 Å². The molecule has 0 bridgehead atoms. The third-order valence-electron chi connectivity index (χ3n) is 2.04. The zero-order valence-electron chi connectivity index (χ0n) is 9.68. The van der Waals surface area contributed by atoms with Crippen molar-refractivity contribution < 1.29 is 14.3 Å². The Labute approximate surface area is 99.1 Å². The highest BCUT2D eigenvalue weighted by Crippen LogP contribution is 2.06. The van der Waals surface area contributed by atoms with Crippen LogP contribution in [0.3, 0.4) is 0 Å². The second-order valence-corrected chi connectivity index (χ2v) is 3.30. The second-order valence-electron chi connectivity index (χ2n) is 3.30. The molecule has 0 aliphatic rings. The van der Waals surface area contributed by atoms with Crippen molar-refractivity contribution >= 4 is 11.7 Å². The highest BCUT2D eigenvalue weighted by atomic mass is 16.5. The number of anilines is 1. The topological polar surface area (TPSA) is 113 Å². The first-order valence-corrected chi connectivity index (χ1v) is 5.13. The van der Waals surface area contributed by atoms with Gasteiger partial charge in [0.25, 0.3) is 5.91 Å². The van der Waals surface area contributed by atoms with Gasteiger partial charge in [0.05, 0.1) is 25.4 Å². The minimum atomic E-state index is -0.634. The summed E-state index contributed by atoms with van der Waals surface area (Å²) in [7, 11) is 1.61. The number of methoxy groups -OCH3 is 1. The van der Waals surface area contributed by atoms with Gasteiger partial charge in [0, 0.05) is 19.7 Å². The molecule has 1 aromatic rings. The first-order valence-electron chi connectivity index (χ1n) is 5.13. The van der Waals surface area contributed by atoms with Crippen LogP contribution in [0.15, 0.2) is 6.20 Å². The van der Waals surface area contributed by atoms with Gasteiger partial charge in [-0.25, -0.2) is 9.97 Å². The molecule has 1 aromatic heterocycles. The fourth-order valence-corrected chi connectivity index (χ4v) is 1.15. The Morgan fingerprint density at radius 1 is 1.41 bits per heavy atom. The standard InChI is InChI=1S/C10H16N4O3/c1-16-4-5-17-3-2-8-13-6-7(10(12)15)9(11)14-8/h6H,2-5H2,1H3,(H2,12,15)(H2,11,13,14). The third-order valence-corrected chi connectivity index (χ3v) is 2.04. The molecule has 0 radical (unpaired) electrons. The van der Waals surface area contributed by atoms with Crippen molar-refractivity contribution in [2.75, 3.05) is 32.7 Å². The second kappa shape index (κ2) is 6.77. The molecule has 1 rings (SSSR count). The number of nitrogens with zero attached hydrogens (tertiary/aromatic N) is 2. The van der Waals surface area contributed by atoms with Gasteiger partial charge in [-0.05, 0) is 0 Å². The van der Waals surface area contributed by atoms with E-state index < -0.39 is 5.91 Å². The summed E-state index contributed by atoms with van der Waals surface area (Å²) in [5, 5.41) is 0. The van der Waals surface area contributed by atoms with Crippen molar-refractivity contribution in [1.29, 1.82) is 0 Å². The molecule has 7 nitrogen and oxygen atoms in total. The van der Waals surface area contributed by atoms with Gasteiger partial charge in [-0.15, -0.1) is 0 Å². The number of hydrogen-bond acceptors (Lipinski definition) is 6. The SMILES string of the molecule is COCCOCCc1ncc(C(N)=O)c(N)n1. The van der Waals surface area contributed by atoms with E-state index in [1.54, 1.807) is 7.11 Å². The molecule has 0 atom stereocenters. The molecular formula is C10H16N4O3. The smallest absolute Gasteiger partial charge is 0.254 e. The number of ether oxygens (including phenoxy) is 2. The molecule has 1 heterocycles. The molecule has 0 aliphatic heterocycles. The van der Waals surface area contributed by atoms with E-state index >= 15 is 0 Å². The summed E-state index contributed by atoms with van der Waals surface area (Å²) in [4.78, 5) is 18.8. The predicted molar refractivity (Wildman–Crippen MR) is 61.4 cm³/mol. The lowest BCUT2D eigenvalue weighted by atomic mass is 10.3. The van der Waals surface area contributed by atoms with Crippen molar-refractivity contribution in [2.24, 2.45) is 5.73 Å². The van der Waals surface area contributed by atoms with Crippen molar-refractivity contribution in [1.82, 2.24) is 9.97 Å². The van der Waals surface area contributed by atoms with E-state index in [4.69, 9.17) is 20.9 Å². The lowest BCUT2D eigenvalue weighted by molar-refractivity contribution is 0.0716. The van der Waals surface area contributed by atoms with Gasteiger partial charge in [0.1, 0.15) is 11.6 Å². The molecule has 17 heavy (non-hydrogen) atoms. The summed E-state index contributed by atoms with van der Waals surface area (Å²) in [5.74, 6) is -0.0188. The number of primary amides is 1. The highest BCUT2D eigenvalue weighted by Gasteiger charge is 2.08. The summed E-state index contributed by atoms with van der Waals surface area (Å²) < 4.78 is 10.1. The molecule has 0 aromatic carbocycles. The third kappa shape index (κ3) is 4.33. The first kappa shape index (κ1) is 13.3. The van der Waals surface area contributed by atoms with Gasteiger partial charge >= 0.3 is 0 Å². The average Bonchev–Trinajstić information content (AvgIpc) is 2.28. The molecule has 7 heteroatoms. The van der Waals surface area contributed by atoms with Gasteiger partial charge < -0.3 is 20.9 Å². The summed E-state index contributed by atoms with van der Waals surface area (Å²) in [5.41, 5.74) is 10.8. The van der Waals surface area contributed by atoms with Crippen LogP contribution in [-0.2, 0) is 15.9 Å². The number of carbonyl (C=O) groups is 1. The monoisotopic (exact) mass is 240 g/mol. The molecule has 94 valence electrons. The van der Waals surface area contributed by atoms with E-state index in [1.807, 2.05) is 0 Å². The molecule has 1 amide bonds. The first-order chi connectivity index (χ1) is 8.15. The van der Waals surface area contributed by atoms with Crippen LogP contribution in [0.5, 0.6) is 0 Å². The number of carbonyl (C=O) groups excluding carboxylic acids is 1. The highest BCUT2D eigenvalue weighted by molar-refractivity contribution is 5.96. The maximum Gasteiger partial charge on any atom is 0.254 e. The molecule has 0 spiro atoms. The minimum Gasteiger partial charge on any atom is -0.383 e. The van der Waals surface area contributed by atoms with Crippen LogP contribution < -0.4 is 11.5 Å². The van der Waals surface area contributed by atoms with Crippen molar-refractivity contribution in [3.8, 4) is 0 Å². The van der Waals surface area contributed by atoms with Crippen LogP contribution in [0.25, 0.3) is 0 Å². The van der Waals surface area contributed by atoms with E-state index in [2.05, 4.69) is 9.97 Å². The van der Waals surface area contributed by atoms with Gasteiger partial charge in [-0.1, -0.05) is 0 Å². The predicted octanol–water partition coefficient (Wildman–Crippen LogP) is -0.637. The quantitative estimate of drug-likeness (QED) is 0.613. The molecule has 0 fully saturated rings. The van der Waals surface area contributed by atoms with E-state index in [9.17, 15) is 4.79 Å². The van der Waals surface area contributed by atoms with Gasteiger partial charge in [0.2, 0.25) is 0 Å². The van der Waals surface area contributed by atoms with Crippen molar-refractivity contribution in [3.63, 3.8) is 0 Å². The Bertz CT molecular complexity index is 384. The Morgan fingerprint density at radius 2 is 2.18 bits per heavy atom. The van der Waals surface area contributed by atoms with Gasteiger partial charge in [-0.3, -0.25) is 4.79 Å². The number of aromatic nitrogens is 2. The molecule has 0 saturated carbocycles. The molecular weight excluding hydrogens is 224 g/mol. The van der Waals surface area contributed by atoms with Crippen LogP contribution in [0.2, 0.25) is 0 Å². The number of rotatable bonds is 7. The van der Waals surface area contributed by atoms with Crippen LogP contribution in [0.4, 0.5) is 5.82 Å². The van der Waals surface area contributed by atoms with Crippen LogP contribution in [-0.4, -0.2) is 42.8 Å². The fourth-order valence-electron chi connectivity index (χ4n) is 1.15. The van der Waals surface area contributed by atoms with E-state index in [-0.39, 0.29) is 11.4 Å². The lowest BCUT2D eigenvalue weighted by Gasteiger charge is -2.05. The van der Waals surface area contributed by atoms with Crippen LogP contribution >= 0.6 is 0 Å². The zero-order valence-corrected chi connectivity index (χ0v) is 9.68. The Morgan fingerprint density at radius 3 is 2.76 bits per heavy atom. The normalized spacial score (nSPS) is 10.4. The summed E-state index contributed by atoms with van der Waals surface area (Å²) >= 11 is 0. The van der Waals surface area contributed by atoms with E-state index in [0.717, 1.165) is 0 Å². The maximum atomic E-state index is 10.9.